The normalized spacial score (nSPS) is 10.4. The van der Waals surface area contributed by atoms with Crippen LogP contribution < -0.4 is 11.3 Å². The van der Waals surface area contributed by atoms with Gasteiger partial charge in [-0.05, 0) is 25.5 Å². The molecular weight excluding hydrogens is 226 g/mol. The minimum Gasteiger partial charge on any atom is -0.344 e. The van der Waals surface area contributed by atoms with E-state index in [-0.39, 0.29) is 5.91 Å². The molecule has 1 aromatic carbocycles. The highest BCUT2D eigenvalue weighted by Crippen LogP contribution is 2.16. The van der Waals surface area contributed by atoms with Crippen LogP contribution in [0.25, 0.3) is 0 Å². The first-order valence-electron chi connectivity index (χ1n) is 5.85. The Labute approximate surface area is 106 Å². The summed E-state index contributed by atoms with van der Waals surface area (Å²) in [5, 5.41) is 0. The Bertz CT molecular complexity index is 558. The highest BCUT2D eigenvalue weighted by Gasteiger charge is 2.14. The van der Waals surface area contributed by atoms with Crippen molar-refractivity contribution in [3.05, 3.63) is 58.9 Å². The van der Waals surface area contributed by atoms with Gasteiger partial charge >= 0.3 is 0 Å². The number of nitrogens with zero attached hydrogens (tertiary/aromatic N) is 1. The van der Waals surface area contributed by atoms with E-state index in [4.69, 9.17) is 5.84 Å². The molecule has 4 heteroatoms. The van der Waals surface area contributed by atoms with Gasteiger partial charge in [0, 0.05) is 17.9 Å². The van der Waals surface area contributed by atoms with E-state index < -0.39 is 0 Å². The van der Waals surface area contributed by atoms with Gasteiger partial charge in [-0.1, -0.05) is 30.3 Å². The van der Waals surface area contributed by atoms with Gasteiger partial charge in [-0.3, -0.25) is 10.2 Å². The zero-order chi connectivity index (χ0) is 13.1. The minimum absolute atomic E-state index is 0.248. The van der Waals surface area contributed by atoms with Gasteiger partial charge in [0.15, 0.2) is 0 Å². The van der Waals surface area contributed by atoms with Crippen LogP contribution in [0.4, 0.5) is 0 Å². The van der Waals surface area contributed by atoms with Crippen LogP contribution in [0.3, 0.4) is 0 Å². The van der Waals surface area contributed by atoms with E-state index in [1.54, 1.807) is 0 Å². The van der Waals surface area contributed by atoms with Crippen LogP contribution in [0.2, 0.25) is 0 Å². The molecule has 0 spiro atoms. The van der Waals surface area contributed by atoms with Crippen molar-refractivity contribution in [3.8, 4) is 0 Å². The van der Waals surface area contributed by atoms with Crippen LogP contribution >= 0.6 is 0 Å². The first-order valence-corrected chi connectivity index (χ1v) is 5.85. The maximum Gasteiger partial charge on any atom is 0.267 e. The average molecular weight is 243 g/mol. The van der Waals surface area contributed by atoms with E-state index in [0.717, 1.165) is 17.9 Å². The lowest BCUT2D eigenvalue weighted by Gasteiger charge is -2.09. The Balaban J connectivity index is 2.34. The maximum absolute atomic E-state index is 11.6. The van der Waals surface area contributed by atoms with Crippen molar-refractivity contribution in [2.45, 2.75) is 20.4 Å². The molecule has 0 aliphatic carbocycles. The molecule has 94 valence electrons. The molecule has 18 heavy (non-hydrogen) atoms. The number of rotatable bonds is 3. The predicted octanol–water partition coefficient (Wildman–Crippen LogP) is 1.76. The van der Waals surface area contributed by atoms with E-state index in [2.05, 4.69) is 22.1 Å². The van der Waals surface area contributed by atoms with Crippen molar-refractivity contribution in [1.82, 2.24) is 9.99 Å². The van der Waals surface area contributed by atoms with Crippen LogP contribution in [0.15, 0.2) is 36.4 Å². The second-order valence-corrected chi connectivity index (χ2v) is 4.33. The Morgan fingerprint density at radius 2 is 1.94 bits per heavy atom. The van der Waals surface area contributed by atoms with Crippen molar-refractivity contribution in [3.63, 3.8) is 0 Å². The molecule has 0 bridgehead atoms. The number of aromatic nitrogens is 1. The monoisotopic (exact) mass is 243 g/mol. The van der Waals surface area contributed by atoms with E-state index in [9.17, 15) is 4.79 Å². The Kier molecular flexibility index (Phi) is 3.48. The number of nitrogens with two attached hydrogens (primary N) is 1. The van der Waals surface area contributed by atoms with E-state index in [1.165, 1.54) is 5.56 Å². The molecule has 0 radical (unpaired) electrons. The number of hydrazine groups is 1. The topological polar surface area (TPSA) is 60.1 Å². The highest BCUT2D eigenvalue weighted by atomic mass is 16.2. The number of aryl methyl sites for hydroxylation is 1. The molecule has 0 saturated carbocycles. The standard InChI is InChI=1S/C14H17N3O/c1-10-8-13(14(18)16-15)11(2)17(10)9-12-6-4-3-5-7-12/h3-8H,9,15H2,1-2H3,(H,16,18). The summed E-state index contributed by atoms with van der Waals surface area (Å²) in [6.07, 6.45) is 0. The molecule has 0 aliphatic heterocycles. The zero-order valence-corrected chi connectivity index (χ0v) is 10.6. The van der Waals surface area contributed by atoms with Crippen LogP contribution in [0, 0.1) is 13.8 Å². The maximum atomic E-state index is 11.6. The second-order valence-electron chi connectivity index (χ2n) is 4.33. The summed E-state index contributed by atoms with van der Waals surface area (Å²) in [5.74, 6) is 4.93. The molecule has 1 heterocycles. The molecule has 4 nitrogen and oxygen atoms in total. The van der Waals surface area contributed by atoms with E-state index in [1.807, 2.05) is 38.1 Å². The van der Waals surface area contributed by atoms with Crippen molar-refractivity contribution >= 4 is 5.91 Å². The molecule has 0 saturated heterocycles. The second kappa shape index (κ2) is 5.06. The fourth-order valence-electron chi connectivity index (χ4n) is 2.12. The summed E-state index contributed by atoms with van der Waals surface area (Å²) in [6.45, 7) is 4.68. The van der Waals surface area contributed by atoms with Crippen LogP contribution in [0.5, 0.6) is 0 Å². The molecule has 0 fully saturated rings. The predicted molar refractivity (Wildman–Crippen MR) is 71.1 cm³/mol. The third-order valence-electron chi connectivity index (χ3n) is 3.13. The molecule has 1 aromatic heterocycles. The van der Waals surface area contributed by atoms with Crippen LogP contribution in [-0.2, 0) is 6.54 Å². The third kappa shape index (κ3) is 2.28. The molecule has 0 aliphatic rings. The number of carbonyl (C=O) groups is 1. The molecule has 0 unspecified atom stereocenters. The number of nitrogen functional groups attached to an aromatic ring is 1. The zero-order valence-electron chi connectivity index (χ0n) is 10.6. The summed E-state index contributed by atoms with van der Waals surface area (Å²) in [6, 6.07) is 12.0. The van der Waals surface area contributed by atoms with Crippen molar-refractivity contribution in [2.24, 2.45) is 5.84 Å². The fourth-order valence-corrected chi connectivity index (χ4v) is 2.12. The van der Waals surface area contributed by atoms with Gasteiger partial charge in [0.25, 0.3) is 5.91 Å². The summed E-state index contributed by atoms with van der Waals surface area (Å²) in [4.78, 5) is 11.6. The lowest BCUT2D eigenvalue weighted by Crippen LogP contribution is -2.30. The smallest absolute Gasteiger partial charge is 0.267 e. The molecule has 0 atom stereocenters. The van der Waals surface area contributed by atoms with Crippen LogP contribution in [-0.4, -0.2) is 10.5 Å². The number of hydrogen-bond donors (Lipinski definition) is 2. The highest BCUT2D eigenvalue weighted by molar-refractivity contribution is 5.95. The van der Waals surface area contributed by atoms with Crippen molar-refractivity contribution < 1.29 is 4.79 Å². The van der Waals surface area contributed by atoms with Gasteiger partial charge in [-0.15, -0.1) is 0 Å². The van der Waals surface area contributed by atoms with Crippen LogP contribution in [0.1, 0.15) is 27.3 Å². The number of nitrogens with one attached hydrogen (secondary N) is 1. The number of amides is 1. The Morgan fingerprint density at radius 3 is 2.56 bits per heavy atom. The largest absolute Gasteiger partial charge is 0.344 e. The van der Waals surface area contributed by atoms with Gasteiger partial charge < -0.3 is 4.57 Å². The molecule has 2 aromatic rings. The van der Waals surface area contributed by atoms with Gasteiger partial charge in [0.1, 0.15) is 0 Å². The van der Waals surface area contributed by atoms with Crippen molar-refractivity contribution in [2.75, 3.05) is 0 Å². The summed E-state index contributed by atoms with van der Waals surface area (Å²) < 4.78 is 2.11. The first kappa shape index (κ1) is 12.4. The number of benzene rings is 1. The van der Waals surface area contributed by atoms with E-state index in [0.29, 0.717) is 5.56 Å². The molecule has 2 rings (SSSR count). The summed E-state index contributed by atoms with van der Waals surface area (Å²) in [7, 11) is 0. The lowest BCUT2D eigenvalue weighted by atomic mass is 10.2. The van der Waals surface area contributed by atoms with Gasteiger partial charge in [-0.25, -0.2) is 5.84 Å². The molecule has 3 N–H and O–H groups in total. The van der Waals surface area contributed by atoms with Gasteiger partial charge in [0.05, 0.1) is 5.56 Å². The number of carbonyl (C=O) groups excluding carboxylic acids is 1. The average Bonchev–Trinajstić information content (AvgIpc) is 2.67. The Morgan fingerprint density at radius 1 is 1.28 bits per heavy atom. The number of hydrogen-bond acceptors (Lipinski definition) is 2. The van der Waals surface area contributed by atoms with Gasteiger partial charge in [0.2, 0.25) is 0 Å². The molecule has 1 amide bonds. The Hall–Kier alpha value is -2.07. The summed E-state index contributed by atoms with van der Waals surface area (Å²) in [5.41, 5.74) is 5.99. The summed E-state index contributed by atoms with van der Waals surface area (Å²) >= 11 is 0. The lowest BCUT2D eigenvalue weighted by molar-refractivity contribution is 0.0953. The molecular formula is C14H17N3O. The minimum atomic E-state index is -0.248. The quantitative estimate of drug-likeness (QED) is 0.490. The van der Waals surface area contributed by atoms with E-state index >= 15 is 0 Å². The third-order valence-corrected chi connectivity index (χ3v) is 3.13. The fraction of sp³-hybridized carbons (Fsp3) is 0.214. The SMILES string of the molecule is Cc1cc(C(=O)NN)c(C)n1Cc1ccccc1. The first-order chi connectivity index (χ1) is 8.63. The van der Waals surface area contributed by atoms with Crippen molar-refractivity contribution in [1.29, 1.82) is 0 Å². The van der Waals surface area contributed by atoms with Gasteiger partial charge in [-0.2, -0.15) is 0 Å².